The molecule has 2 amide bonds. The molecule has 5 rings (SSSR count). The predicted octanol–water partition coefficient (Wildman–Crippen LogP) is 4.29. The molecule has 1 aliphatic carbocycles. The predicted molar refractivity (Wildman–Crippen MR) is 151 cm³/mol. The number of rotatable bonds is 10. The molecule has 0 radical (unpaired) electrons. The van der Waals surface area contributed by atoms with E-state index in [2.05, 4.69) is 15.6 Å². The Labute approximate surface area is 232 Å². The van der Waals surface area contributed by atoms with Gasteiger partial charge in [-0.1, -0.05) is 42.3 Å². The highest BCUT2D eigenvalue weighted by molar-refractivity contribution is 6.03. The summed E-state index contributed by atoms with van der Waals surface area (Å²) in [4.78, 5) is 30.0. The lowest BCUT2D eigenvalue weighted by molar-refractivity contribution is -0.127. The summed E-state index contributed by atoms with van der Waals surface area (Å²) in [5.41, 5.74) is 2.35. The third kappa shape index (κ3) is 5.42. The maximum Gasteiger partial charge on any atom is 0.249 e. The van der Waals surface area contributed by atoms with Gasteiger partial charge in [0.1, 0.15) is 35.4 Å². The summed E-state index contributed by atoms with van der Waals surface area (Å²) in [6, 6.07) is 18.8. The molecule has 40 heavy (non-hydrogen) atoms. The standard InChI is InChI=1S/C30H33N5O5/c1-38-21-16-17-22(27(18-21)40-3)29(30(37)31-20-10-4-5-11-20)35(25-14-8-9-15-26(25)39-2)28(36)19-34-24-13-7-6-12-23(24)32-33-34/h6-9,12-18,20,29H,4-5,10-11,19H2,1-3H3,(H,31,37). The highest BCUT2D eigenvalue weighted by atomic mass is 16.5. The number of nitrogens with zero attached hydrogens (tertiary/aromatic N) is 4. The van der Waals surface area contributed by atoms with Crippen LogP contribution in [0.2, 0.25) is 0 Å². The van der Waals surface area contributed by atoms with E-state index in [1.165, 1.54) is 23.8 Å². The normalized spacial score (nSPS) is 14.1. The summed E-state index contributed by atoms with van der Waals surface area (Å²) in [5, 5.41) is 11.6. The quantitative estimate of drug-likeness (QED) is 0.318. The van der Waals surface area contributed by atoms with E-state index in [0.29, 0.717) is 39.5 Å². The van der Waals surface area contributed by atoms with E-state index in [4.69, 9.17) is 14.2 Å². The van der Waals surface area contributed by atoms with Gasteiger partial charge in [0.15, 0.2) is 0 Å². The Morgan fingerprint density at radius 3 is 2.42 bits per heavy atom. The molecule has 0 saturated heterocycles. The van der Waals surface area contributed by atoms with Gasteiger partial charge in [-0.15, -0.1) is 5.10 Å². The van der Waals surface area contributed by atoms with E-state index in [1.54, 1.807) is 43.5 Å². The van der Waals surface area contributed by atoms with E-state index in [1.807, 2.05) is 30.3 Å². The van der Waals surface area contributed by atoms with Crippen molar-refractivity contribution in [3.63, 3.8) is 0 Å². The summed E-state index contributed by atoms with van der Waals surface area (Å²) in [6.07, 6.45) is 3.89. The van der Waals surface area contributed by atoms with Crippen molar-refractivity contribution in [2.24, 2.45) is 0 Å². The Balaban J connectivity index is 1.65. The van der Waals surface area contributed by atoms with Crippen molar-refractivity contribution in [1.82, 2.24) is 20.3 Å². The van der Waals surface area contributed by atoms with E-state index in [9.17, 15) is 9.59 Å². The van der Waals surface area contributed by atoms with Crippen LogP contribution in [0.15, 0.2) is 66.7 Å². The van der Waals surface area contributed by atoms with Crippen LogP contribution in [0.1, 0.15) is 37.3 Å². The minimum absolute atomic E-state index is 0.0353. The zero-order valence-electron chi connectivity index (χ0n) is 22.9. The van der Waals surface area contributed by atoms with Gasteiger partial charge in [0.05, 0.1) is 32.5 Å². The largest absolute Gasteiger partial charge is 0.497 e. The zero-order valence-corrected chi connectivity index (χ0v) is 22.9. The molecule has 10 heteroatoms. The van der Waals surface area contributed by atoms with Gasteiger partial charge in [-0.25, -0.2) is 4.68 Å². The van der Waals surface area contributed by atoms with Crippen molar-refractivity contribution in [2.75, 3.05) is 26.2 Å². The summed E-state index contributed by atoms with van der Waals surface area (Å²) >= 11 is 0. The molecule has 208 valence electrons. The number of fused-ring (bicyclic) bond motifs is 1. The number of carbonyl (C=O) groups is 2. The first-order chi connectivity index (χ1) is 19.5. The monoisotopic (exact) mass is 543 g/mol. The topological polar surface area (TPSA) is 108 Å². The average Bonchev–Trinajstić information content (AvgIpc) is 3.65. The van der Waals surface area contributed by atoms with Gasteiger partial charge < -0.3 is 19.5 Å². The smallest absolute Gasteiger partial charge is 0.249 e. The summed E-state index contributed by atoms with van der Waals surface area (Å²) in [5.74, 6) is 0.762. The van der Waals surface area contributed by atoms with E-state index >= 15 is 0 Å². The fourth-order valence-corrected chi connectivity index (χ4v) is 5.28. The number of para-hydroxylation sites is 3. The number of methoxy groups -OCH3 is 3. The Morgan fingerprint density at radius 2 is 1.68 bits per heavy atom. The van der Waals surface area contributed by atoms with Gasteiger partial charge in [-0.05, 0) is 49.2 Å². The number of amides is 2. The SMILES string of the molecule is COc1ccc(C(C(=O)NC2CCCC2)N(C(=O)Cn2nnc3ccccc32)c2ccccc2OC)c(OC)c1. The number of hydrogen-bond acceptors (Lipinski definition) is 7. The van der Waals surface area contributed by atoms with Crippen LogP contribution in [0.3, 0.4) is 0 Å². The molecular weight excluding hydrogens is 510 g/mol. The van der Waals surface area contributed by atoms with E-state index in [0.717, 1.165) is 25.7 Å². The van der Waals surface area contributed by atoms with Gasteiger partial charge in [0, 0.05) is 17.7 Å². The first-order valence-electron chi connectivity index (χ1n) is 13.3. The molecule has 0 bridgehead atoms. The fraction of sp³-hybridized carbons (Fsp3) is 0.333. The number of ether oxygens (including phenoxy) is 3. The summed E-state index contributed by atoms with van der Waals surface area (Å²) < 4.78 is 18.3. The number of nitrogens with one attached hydrogen (secondary N) is 1. The maximum absolute atomic E-state index is 14.3. The molecule has 1 atom stereocenters. The molecule has 1 aromatic heterocycles. The van der Waals surface area contributed by atoms with Crippen LogP contribution in [0.4, 0.5) is 5.69 Å². The van der Waals surface area contributed by atoms with Gasteiger partial charge in [-0.3, -0.25) is 14.5 Å². The Kier molecular flexibility index (Phi) is 8.14. The van der Waals surface area contributed by atoms with Crippen LogP contribution in [0.5, 0.6) is 17.2 Å². The first kappa shape index (κ1) is 27.0. The van der Waals surface area contributed by atoms with Crippen molar-refractivity contribution in [1.29, 1.82) is 0 Å². The molecule has 3 aromatic carbocycles. The maximum atomic E-state index is 14.3. The van der Waals surface area contributed by atoms with Gasteiger partial charge >= 0.3 is 0 Å². The summed E-state index contributed by atoms with van der Waals surface area (Å²) in [7, 11) is 4.63. The molecule has 1 aliphatic rings. The molecule has 1 N–H and O–H groups in total. The Hall–Kier alpha value is -4.60. The minimum Gasteiger partial charge on any atom is -0.497 e. The second-order valence-corrected chi connectivity index (χ2v) is 9.67. The Morgan fingerprint density at radius 1 is 0.950 bits per heavy atom. The molecule has 0 spiro atoms. The van der Waals surface area contributed by atoms with Crippen LogP contribution in [-0.2, 0) is 16.1 Å². The van der Waals surface area contributed by atoms with Gasteiger partial charge in [-0.2, -0.15) is 0 Å². The number of anilines is 1. The lowest BCUT2D eigenvalue weighted by atomic mass is 10.0. The average molecular weight is 544 g/mol. The molecule has 1 fully saturated rings. The molecule has 1 unspecified atom stereocenters. The van der Waals surface area contributed by atoms with Crippen LogP contribution >= 0.6 is 0 Å². The van der Waals surface area contributed by atoms with E-state index in [-0.39, 0.29) is 24.4 Å². The van der Waals surface area contributed by atoms with Crippen molar-refractivity contribution in [3.05, 3.63) is 72.3 Å². The third-order valence-electron chi connectivity index (χ3n) is 7.26. The lowest BCUT2D eigenvalue weighted by Crippen LogP contribution is -2.47. The fourth-order valence-electron chi connectivity index (χ4n) is 5.28. The number of hydrogen-bond donors (Lipinski definition) is 1. The van der Waals surface area contributed by atoms with Crippen LogP contribution in [-0.4, -0.2) is 54.2 Å². The highest BCUT2D eigenvalue weighted by Crippen LogP contribution is 2.39. The minimum atomic E-state index is -1.07. The van der Waals surface area contributed by atoms with Gasteiger partial charge in [0.2, 0.25) is 11.8 Å². The van der Waals surface area contributed by atoms with Crippen LogP contribution in [0, 0.1) is 0 Å². The summed E-state index contributed by atoms with van der Waals surface area (Å²) in [6.45, 7) is -0.149. The lowest BCUT2D eigenvalue weighted by Gasteiger charge is -2.33. The third-order valence-corrected chi connectivity index (χ3v) is 7.26. The van der Waals surface area contributed by atoms with Crippen LogP contribution in [0.25, 0.3) is 11.0 Å². The highest BCUT2D eigenvalue weighted by Gasteiger charge is 2.37. The first-order valence-corrected chi connectivity index (χ1v) is 13.3. The molecular formula is C30H33N5O5. The Bertz CT molecular complexity index is 1500. The molecule has 0 aliphatic heterocycles. The van der Waals surface area contributed by atoms with Crippen molar-refractivity contribution in [2.45, 2.75) is 44.3 Å². The number of benzene rings is 3. The second-order valence-electron chi connectivity index (χ2n) is 9.67. The molecule has 10 nitrogen and oxygen atoms in total. The molecule has 4 aromatic rings. The van der Waals surface area contributed by atoms with Crippen molar-refractivity contribution >= 4 is 28.5 Å². The molecule has 1 heterocycles. The van der Waals surface area contributed by atoms with Crippen LogP contribution < -0.4 is 24.4 Å². The second kappa shape index (κ2) is 12.1. The zero-order chi connectivity index (χ0) is 28.1. The van der Waals surface area contributed by atoms with Gasteiger partial charge in [0.25, 0.3) is 0 Å². The molecule has 1 saturated carbocycles. The van der Waals surface area contributed by atoms with Crippen molar-refractivity contribution < 1.29 is 23.8 Å². The number of aromatic nitrogens is 3. The van der Waals surface area contributed by atoms with E-state index < -0.39 is 6.04 Å². The number of carbonyl (C=O) groups excluding carboxylic acids is 2. The van der Waals surface area contributed by atoms with Crippen molar-refractivity contribution in [3.8, 4) is 17.2 Å².